The lowest BCUT2D eigenvalue weighted by Gasteiger charge is -2.05. The number of rotatable bonds is 5. The molecule has 0 saturated heterocycles. The number of carbonyl (C=O) groups is 1. The summed E-state index contributed by atoms with van der Waals surface area (Å²) in [6, 6.07) is 1.89. The van der Waals surface area contributed by atoms with E-state index in [1.807, 2.05) is 33.9 Å². The van der Waals surface area contributed by atoms with Crippen LogP contribution in [0.5, 0.6) is 0 Å². The van der Waals surface area contributed by atoms with Crippen LogP contribution in [0.4, 0.5) is 0 Å². The van der Waals surface area contributed by atoms with Crippen molar-refractivity contribution in [1.82, 2.24) is 19.6 Å². The highest BCUT2D eigenvalue weighted by molar-refractivity contribution is 9.10. The van der Waals surface area contributed by atoms with Crippen LogP contribution in [-0.2, 0) is 26.4 Å². The molecule has 6 heteroatoms. The fourth-order valence-corrected chi connectivity index (χ4v) is 2.70. The number of ketones is 1. The van der Waals surface area contributed by atoms with Crippen LogP contribution >= 0.6 is 15.9 Å². The highest BCUT2D eigenvalue weighted by Gasteiger charge is 2.19. The molecule has 0 aromatic carbocycles. The third kappa shape index (κ3) is 2.70. The smallest absolute Gasteiger partial charge is 0.186 e. The zero-order chi connectivity index (χ0) is 14.9. The SMILES string of the molecule is CCc1cc(C(=O)Cc2c(Br)c(C)nn2C)n(CC)n1. The summed E-state index contributed by atoms with van der Waals surface area (Å²) < 4.78 is 4.44. The second kappa shape index (κ2) is 5.91. The Morgan fingerprint density at radius 2 is 2.05 bits per heavy atom. The molecule has 0 fully saturated rings. The Morgan fingerprint density at radius 3 is 2.55 bits per heavy atom. The lowest BCUT2D eigenvalue weighted by molar-refractivity contribution is 0.0980. The van der Waals surface area contributed by atoms with Gasteiger partial charge in [0.25, 0.3) is 0 Å². The Kier molecular flexibility index (Phi) is 4.42. The van der Waals surface area contributed by atoms with Gasteiger partial charge in [0.1, 0.15) is 5.69 Å². The Bertz CT molecular complexity index is 642. The number of carbonyl (C=O) groups excluding carboxylic acids is 1. The molecule has 0 atom stereocenters. The summed E-state index contributed by atoms with van der Waals surface area (Å²) in [6.45, 7) is 6.65. The van der Waals surface area contributed by atoms with Crippen molar-refractivity contribution in [3.05, 3.63) is 33.3 Å². The van der Waals surface area contributed by atoms with Gasteiger partial charge in [0.05, 0.1) is 28.0 Å². The van der Waals surface area contributed by atoms with Crippen LogP contribution in [-0.4, -0.2) is 25.3 Å². The van der Waals surface area contributed by atoms with E-state index in [4.69, 9.17) is 0 Å². The molecule has 20 heavy (non-hydrogen) atoms. The van der Waals surface area contributed by atoms with E-state index < -0.39 is 0 Å². The summed E-state index contributed by atoms with van der Waals surface area (Å²) in [5, 5.41) is 8.74. The molecule has 0 saturated carbocycles. The fourth-order valence-electron chi connectivity index (χ4n) is 2.22. The molecule has 0 aliphatic rings. The van der Waals surface area contributed by atoms with Gasteiger partial charge in [0.2, 0.25) is 0 Å². The zero-order valence-corrected chi connectivity index (χ0v) is 13.9. The number of aryl methyl sites for hydroxylation is 4. The normalized spacial score (nSPS) is 11.1. The van der Waals surface area contributed by atoms with Crippen LogP contribution in [0.3, 0.4) is 0 Å². The number of Topliss-reactive ketones (excluding diaryl/α,β-unsaturated/α-hetero) is 1. The third-order valence-electron chi connectivity index (χ3n) is 3.37. The Balaban J connectivity index is 2.30. The molecule has 2 rings (SSSR count). The molecule has 2 aromatic rings. The van der Waals surface area contributed by atoms with E-state index in [1.165, 1.54) is 0 Å². The van der Waals surface area contributed by atoms with Gasteiger partial charge < -0.3 is 0 Å². The average molecular weight is 339 g/mol. The first-order chi connectivity index (χ1) is 9.47. The second-order valence-corrected chi connectivity index (χ2v) is 5.55. The van der Waals surface area contributed by atoms with Gasteiger partial charge in [-0.15, -0.1) is 0 Å². The van der Waals surface area contributed by atoms with Crippen LogP contribution in [0.25, 0.3) is 0 Å². The topological polar surface area (TPSA) is 52.7 Å². The second-order valence-electron chi connectivity index (χ2n) is 4.76. The highest BCUT2D eigenvalue weighted by atomic mass is 79.9. The van der Waals surface area contributed by atoms with Crippen molar-refractivity contribution in [2.45, 2.75) is 40.2 Å². The maximum atomic E-state index is 12.5. The Labute approximate surface area is 127 Å². The van der Waals surface area contributed by atoms with Crippen LogP contribution in [0.1, 0.15) is 41.4 Å². The Morgan fingerprint density at radius 1 is 1.35 bits per heavy atom. The Hall–Kier alpha value is -1.43. The molecule has 0 N–H and O–H groups in total. The van der Waals surface area contributed by atoms with Crippen LogP contribution in [0, 0.1) is 6.92 Å². The quantitative estimate of drug-likeness (QED) is 0.787. The average Bonchev–Trinajstić information content (AvgIpc) is 2.95. The molecule has 108 valence electrons. The maximum Gasteiger partial charge on any atom is 0.186 e. The van der Waals surface area contributed by atoms with Crippen LogP contribution in [0.15, 0.2) is 10.5 Å². The van der Waals surface area contributed by atoms with Crippen molar-refractivity contribution in [3.63, 3.8) is 0 Å². The predicted molar refractivity (Wildman–Crippen MR) is 81.0 cm³/mol. The number of hydrogen-bond donors (Lipinski definition) is 0. The number of hydrogen-bond acceptors (Lipinski definition) is 3. The van der Waals surface area contributed by atoms with E-state index in [1.54, 1.807) is 9.36 Å². The molecule has 0 aliphatic heterocycles. The van der Waals surface area contributed by atoms with Gasteiger partial charge in [0.15, 0.2) is 5.78 Å². The summed E-state index contributed by atoms with van der Waals surface area (Å²) in [5.41, 5.74) is 3.42. The van der Waals surface area contributed by atoms with Gasteiger partial charge in [-0.25, -0.2) is 0 Å². The minimum atomic E-state index is 0.0720. The van der Waals surface area contributed by atoms with E-state index >= 15 is 0 Å². The van der Waals surface area contributed by atoms with Gasteiger partial charge in [-0.1, -0.05) is 6.92 Å². The summed E-state index contributed by atoms with van der Waals surface area (Å²) in [7, 11) is 1.86. The van der Waals surface area contributed by atoms with Gasteiger partial charge in [-0.3, -0.25) is 14.2 Å². The molecule has 2 heterocycles. The van der Waals surface area contributed by atoms with Gasteiger partial charge in [-0.2, -0.15) is 10.2 Å². The van der Waals surface area contributed by atoms with Crippen LogP contribution in [0.2, 0.25) is 0 Å². The largest absolute Gasteiger partial charge is 0.292 e. The summed E-state index contributed by atoms with van der Waals surface area (Å²) >= 11 is 3.50. The highest BCUT2D eigenvalue weighted by Crippen LogP contribution is 2.22. The molecule has 0 bridgehead atoms. The van der Waals surface area contributed by atoms with E-state index in [9.17, 15) is 4.79 Å². The molecule has 0 radical (unpaired) electrons. The number of aromatic nitrogens is 4. The van der Waals surface area contributed by atoms with Crippen molar-refractivity contribution in [1.29, 1.82) is 0 Å². The van der Waals surface area contributed by atoms with Gasteiger partial charge in [0, 0.05) is 13.6 Å². The van der Waals surface area contributed by atoms with Crippen molar-refractivity contribution < 1.29 is 4.79 Å². The molecule has 0 aliphatic carbocycles. The van der Waals surface area contributed by atoms with Crippen molar-refractivity contribution in [3.8, 4) is 0 Å². The summed E-state index contributed by atoms with van der Waals surface area (Å²) in [5.74, 6) is 0.0720. The summed E-state index contributed by atoms with van der Waals surface area (Å²) in [6.07, 6.45) is 1.16. The summed E-state index contributed by atoms with van der Waals surface area (Å²) in [4.78, 5) is 12.5. The maximum absolute atomic E-state index is 12.5. The van der Waals surface area contributed by atoms with E-state index in [-0.39, 0.29) is 5.78 Å². The molecule has 0 unspecified atom stereocenters. The third-order valence-corrected chi connectivity index (χ3v) is 4.40. The fraction of sp³-hybridized carbons (Fsp3) is 0.500. The van der Waals surface area contributed by atoms with Crippen LogP contribution < -0.4 is 0 Å². The van der Waals surface area contributed by atoms with Crippen molar-refractivity contribution in [2.24, 2.45) is 7.05 Å². The van der Waals surface area contributed by atoms with E-state index in [0.29, 0.717) is 18.7 Å². The van der Waals surface area contributed by atoms with Crippen molar-refractivity contribution in [2.75, 3.05) is 0 Å². The first-order valence-electron chi connectivity index (χ1n) is 6.75. The lowest BCUT2D eigenvalue weighted by atomic mass is 10.1. The molecular formula is C14H19BrN4O. The lowest BCUT2D eigenvalue weighted by Crippen LogP contribution is -2.13. The molecular weight excluding hydrogens is 320 g/mol. The minimum absolute atomic E-state index is 0.0720. The molecule has 0 spiro atoms. The number of halogens is 1. The monoisotopic (exact) mass is 338 g/mol. The molecule has 0 amide bonds. The molecule has 5 nitrogen and oxygen atoms in total. The first kappa shape index (κ1) is 15.0. The standard InChI is InChI=1S/C14H19BrN4O/c1-5-10-7-11(19(6-2)17-10)13(20)8-12-14(15)9(3)16-18(12)4/h7H,5-6,8H2,1-4H3. The van der Waals surface area contributed by atoms with E-state index in [2.05, 4.69) is 26.1 Å². The minimum Gasteiger partial charge on any atom is -0.292 e. The predicted octanol–water partition coefficient (Wildman–Crippen LogP) is 2.70. The number of nitrogens with zero attached hydrogens (tertiary/aromatic N) is 4. The zero-order valence-electron chi connectivity index (χ0n) is 12.3. The first-order valence-corrected chi connectivity index (χ1v) is 7.55. The van der Waals surface area contributed by atoms with E-state index in [0.717, 1.165) is 28.0 Å². The molecule has 2 aromatic heterocycles. The van der Waals surface area contributed by atoms with Crippen molar-refractivity contribution >= 4 is 21.7 Å². The van der Waals surface area contributed by atoms with Gasteiger partial charge >= 0.3 is 0 Å². The van der Waals surface area contributed by atoms with Gasteiger partial charge in [-0.05, 0) is 42.3 Å².